The molecule has 3 N–H and O–H groups in total. The number of aliphatic hydroxyl groups is 2. The summed E-state index contributed by atoms with van der Waals surface area (Å²) in [7, 11) is 0. The van der Waals surface area contributed by atoms with Crippen LogP contribution in [0, 0.1) is 5.92 Å². The molecule has 0 radical (unpaired) electrons. The molecule has 0 aromatic carbocycles. The van der Waals surface area contributed by atoms with Crippen molar-refractivity contribution in [2.24, 2.45) is 5.92 Å². The Hall–Kier alpha value is -0.870. The summed E-state index contributed by atoms with van der Waals surface area (Å²) < 4.78 is 0. The number of hydrogen-bond acceptors (Lipinski definition) is 3. The van der Waals surface area contributed by atoms with Gasteiger partial charge in [-0.15, -0.1) is 0 Å². The zero-order valence-electron chi connectivity index (χ0n) is 12.1. The van der Waals surface area contributed by atoms with Gasteiger partial charge in [-0.25, -0.2) is 0 Å². The minimum Gasteiger partial charge on any atom is -0.396 e. The maximum absolute atomic E-state index is 12.0. The fraction of sp³-hybridized carbons (Fsp3) is 0.800. The predicted octanol–water partition coefficient (Wildman–Crippen LogP) is 1.76. The van der Waals surface area contributed by atoms with Gasteiger partial charge >= 0.3 is 0 Å². The number of amides is 1. The van der Waals surface area contributed by atoms with Gasteiger partial charge in [0.2, 0.25) is 5.91 Å². The summed E-state index contributed by atoms with van der Waals surface area (Å²) in [5.74, 6) is 0.0492. The number of aliphatic hydroxyl groups excluding tert-OH is 1. The molecule has 1 aliphatic carbocycles. The maximum Gasteiger partial charge on any atom is 0.223 e. The van der Waals surface area contributed by atoms with E-state index in [2.05, 4.69) is 5.32 Å². The Balaban J connectivity index is 2.43. The van der Waals surface area contributed by atoms with Crippen LogP contribution in [0.25, 0.3) is 0 Å². The second-order valence-electron chi connectivity index (χ2n) is 5.64. The first-order chi connectivity index (χ1) is 9.03. The van der Waals surface area contributed by atoms with Gasteiger partial charge in [-0.1, -0.05) is 38.8 Å². The molecule has 0 saturated heterocycles. The number of carbonyl (C=O) groups is 1. The van der Waals surface area contributed by atoms with E-state index < -0.39 is 5.60 Å². The molecule has 0 aromatic rings. The molecule has 0 fully saturated rings. The predicted molar refractivity (Wildman–Crippen MR) is 75.6 cm³/mol. The smallest absolute Gasteiger partial charge is 0.223 e. The highest BCUT2D eigenvalue weighted by molar-refractivity contribution is 5.77. The summed E-state index contributed by atoms with van der Waals surface area (Å²) in [6, 6.07) is -0.00264. The lowest BCUT2D eigenvalue weighted by Gasteiger charge is -2.27. The lowest BCUT2D eigenvalue weighted by Crippen LogP contribution is -2.40. The Morgan fingerprint density at radius 2 is 1.95 bits per heavy atom. The van der Waals surface area contributed by atoms with Gasteiger partial charge in [0.1, 0.15) is 0 Å². The summed E-state index contributed by atoms with van der Waals surface area (Å²) in [4.78, 5) is 12.0. The summed E-state index contributed by atoms with van der Waals surface area (Å²) in [6.07, 6.45) is 7.86. The molecule has 1 rings (SSSR count). The third-order valence-corrected chi connectivity index (χ3v) is 3.67. The van der Waals surface area contributed by atoms with E-state index in [0.29, 0.717) is 12.8 Å². The molecule has 0 saturated carbocycles. The van der Waals surface area contributed by atoms with Crippen LogP contribution in [-0.2, 0) is 4.79 Å². The Bertz CT molecular complexity index is 309. The molecule has 1 amide bonds. The van der Waals surface area contributed by atoms with E-state index in [1.807, 2.05) is 26.0 Å². The average Bonchev–Trinajstić information content (AvgIpc) is 2.76. The maximum atomic E-state index is 12.0. The van der Waals surface area contributed by atoms with Crippen molar-refractivity contribution in [1.82, 2.24) is 5.32 Å². The highest BCUT2D eigenvalue weighted by atomic mass is 16.3. The van der Waals surface area contributed by atoms with Crippen LogP contribution in [0.2, 0.25) is 0 Å². The second-order valence-corrected chi connectivity index (χ2v) is 5.64. The quantitative estimate of drug-likeness (QED) is 0.588. The van der Waals surface area contributed by atoms with E-state index in [-0.39, 0.29) is 30.9 Å². The van der Waals surface area contributed by atoms with Crippen molar-refractivity contribution in [1.29, 1.82) is 0 Å². The zero-order valence-corrected chi connectivity index (χ0v) is 12.1. The molecular formula is C15H27NO3. The lowest BCUT2D eigenvalue weighted by molar-refractivity contribution is -0.127. The summed E-state index contributed by atoms with van der Waals surface area (Å²) in [5, 5.41) is 22.4. The molecule has 0 unspecified atom stereocenters. The third kappa shape index (κ3) is 5.33. The Morgan fingerprint density at radius 3 is 2.42 bits per heavy atom. The first-order valence-corrected chi connectivity index (χ1v) is 7.34. The highest BCUT2D eigenvalue weighted by Gasteiger charge is 2.29. The van der Waals surface area contributed by atoms with E-state index in [1.54, 1.807) is 0 Å². The monoisotopic (exact) mass is 269 g/mol. The van der Waals surface area contributed by atoms with Gasteiger partial charge in [-0.3, -0.25) is 4.79 Å². The van der Waals surface area contributed by atoms with Gasteiger partial charge in [0.05, 0.1) is 12.0 Å². The Morgan fingerprint density at radius 1 is 1.32 bits per heavy atom. The third-order valence-electron chi connectivity index (χ3n) is 3.67. The van der Waals surface area contributed by atoms with Crippen molar-refractivity contribution in [2.75, 3.05) is 6.61 Å². The Labute approximate surface area is 115 Å². The number of rotatable bonds is 8. The number of hydrogen-bond donors (Lipinski definition) is 3. The fourth-order valence-electron chi connectivity index (χ4n) is 2.81. The number of nitrogens with one attached hydrogen (secondary N) is 1. The normalized spacial score (nSPS) is 22.7. The van der Waals surface area contributed by atoms with Gasteiger partial charge in [0.15, 0.2) is 0 Å². The van der Waals surface area contributed by atoms with Crippen molar-refractivity contribution in [3.05, 3.63) is 12.2 Å². The van der Waals surface area contributed by atoms with Crippen LogP contribution < -0.4 is 5.32 Å². The number of carbonyl (C=O) groups excluding carboxylic acids is 1. The molecule has 0 aliphatic heterocycles. The largest absolute Gasteiger partial charge is 0.396 e. The first kappa shape index (κ1) is 16.2. The minimum absolute atomic E-state index is 0.00264. The molecule has 0 bridgehead atoms. The standard InChI is InChI=1S/C15H27NO3/c1-3-7-15(19,8-4-2)10-14(18)16-13-6-5-12(9-13)11-17/h5-6,12-13,17,19H,3-4,7-11H2,1-2H3,(H,16,18)/t12-,13+/m0/s1. The molecule has 19 heavy (non-hydrogen) atoms. The second kappa shape index (κ2) is 7.65. The van der Waals surface area contributed by atoms with Crippen molar-refractivity contribution in [3.63, 3.8) is 0 Å². The van der Waals surface area contributed by atoms with Crippen molar-refractivity contribution < 1.29 is 15.0 Å². The minimum atomic E-state index is -0.869. The van der Waals surface area contributed by atoms with Crippen LogP contribution in [0.5, 0.6) is 0 Å². The van der Waals surface area contributed by atoms with Gasteiger partial charge in [-0.2, -0.15) is 0 Å². The van der Waals surface area contributed by atoms with Crippen LogP contribution in [-0.4, -0.2) is 34.4 Å². The lowest BCUT2D eigenvalue weighted by atomic mass is 9.89. The molecule has 4 heteroatoms. The van der Waals surface area contributed by atoms with E-state index in [9.17, 15) is 9.90 Å². The molecule has 2 atom stereocenters. The molecule has 1 aliphatic rings. The van der Waals surface area contributed by atoms with Crippen LogP contribution in [0.1, 0.15) is 52.4 Å². The molecule has 4 nitrogen and oxygen atoms in total. The van der Waals surface area contributed by atoms with Crippen LogP contribution in [0.3, 0.4) is 0 Å². The average molecular weight is 269 g/mol. The molecule has 0 aromatic heterocycles. The van der Waals surface area contributed by atoms with Gasteiger partial charge in [-0.05, 0) is 19.3 Å². The van der Waals surface area contributed by atoms with Crippen molar-refractivity contribution in [2.45, 2.75) is 64.0 Å². The van der Waals surface area contributed by atoms with E-state index in [4.69, 9.17) is 5.11 Å². The highest BCUT2D eigenvalue weighted by Crippen LogP contribution is 2.24. The molecule has 0 heterocycles. The SMILES string of the molecule is CCCC(O)(CCC)CC(=O)N[C@@H]1C=C[C@H](CO)C1. The zero-order chi connectivity index (χ0) is 14.3. The molecule has 110 valence electrons. The molecule has 0 spiro atoms. The molecular weight excluding hydrogens is 242 g/mol. The van der Waals surface area contributed by atoms with Gasteiger partial charge < -0.3 is 15.5 Å². The van der Waals surface area contributed by atoms with Crippen LogP contribution in [0.15, 0.2) is 12.2 Å². The Kier molecular flexibility index (Phi) is 6.52. The summed E-state index contributed by atoms with van der Waals surface area (Å²) >= 11 is 0. The fourth-order valence-corrected chi connectivity index (χ4v) is 2.81. The van der Waals surface area contributed by atoms with E-state index >= 15 is 0 Å². The van der Waals surface area contributed by atoms with Crippen LogP contribution >= 0.6 is 0 Å². The first-order valence-electron chi connectivity index (χ1n) is 7.34. The summed E-state index contributed by atoms with van der Waals surface area (Å²) in [6.45, 7) is 4.16. The van der Waals surface area contributed by atoms with Gasteiger partial charge in [0, 0.05) is 18.6 Å². The van der Waals surface area contributed by atoms with Crippen molar-refractivity contribution in [3.8, 4) is 0 Å². The topological polar surface area (TPSA) is 69.6 Å². The van der Waals surface area contributed by atoms with Gasteiger partial charge in [0.25, 0.3) is 0 Å². The van der Waals surface area contributed by atoms with E-state index in [0.717, 1.165) is 19.3 Å². The van der Waals surface area contributed by atoms with E-state index in [1.165, 1.54) is 0 Å². The van der Waals surface area contributed by atoms with Crippen molar-refractivity contribution >= 4 is 5.91 Å². The summed E-state index contributed by atoms with van der Waals surface area (Å²) in [5.41, 5.74) is -0.869. The van der Waals surface area contributed by atoms with Crippen LogP contribution in [0.4, 0.5) is 0 Å².